The second-order valence-electron chi connectivity index (χ2n) is 9.26. The molecule has 0 radical (unpaired) electrons. The van der Waals surface area contributed by atoms with Crippen LogP contribution in [0.2, 0.25) is 0 Å². The van der Waals surface area contributed by atoms with E-state index in [4.69, 9.17) is 12.2 Å². The number of nitrogens with one attached hydrogen (secondary N) is 1. The summed E-state index contributed by atoms with van der Waals surface area (Å²) >= 11 is 0. The molecule has 1 aliphatic carbocycles. The molecule has 7 heteroatoms. The van der Waals surface area contributed by atoms with E-state index in [1.54, 1.807) is 6.07 Å². The average Bonchev–Trinajstić information content (AvgIpc) is 3.07. The van der Waals surface area contributed by atoms with Crippen LogP contribution in [0.5, 0.6) is 11.5 Å². The fourth-order valence-electron chi connectivity index (χ4n) is 4.58. The number of benzene rings is 1. The second kappa shape index (κ2) is 9.02. The highest BCUT2D eigenvalue weighted by atomic mass is 16.7. The van der Waals surface area contributed by atoms with Gasteiger partial charge in [-0.1, -0.05) is 6.07 Å². The summed E-state index contributed by atoms with van der Waals surface area (Å²) in [5.41, 5.74) is -0.418. The van der Waals surface area contributed by atoms with Gasteiger partial charge in [-0.25, -0.2) is 0 Å². The largest absolute Gasteiger partial charge is 0.454 e. The molecular weight excluding hydrogens is 382 g/mol. The van der Waals surface area contributed by atoms with Crippen LogP contribution >= 0.6 is 0 Å². The van der Waals surface area contributed by atoms with Gasteiger partial charge in [0.15, 0.2) is 11.5 Å². The van der Waals surface area contributed by atoms with Gasteiger partial charge >= 0.3 is 0 Å². The van der Waals surface area contributed by atoms with E-state index in [-0.39, 0.29) is 11.9 Å². The van der Waals surface area contributed by atoms with Crippen molar-refractivity contribution in [1.82, 2.24) is 10.2 Å². The third kappa shape index (κ3) is 5.01. The predicted octanol–water partition coefficient (Wildman–Crippen LogP) is 2.37. The van der Waals surface area contributed by atoms with E-state index < -0.39 is 12.3 Å². The lowest BCUT2D eigenvalue weighted by molar-refractivity contribution is -0.137. The summed E-state index contributed by atoms with van der Waals surface area (Å²) in [7, 11) is 0. The second-order valence-corrected chi connectivity index (χ2v) is 9.26. The molecule has 1 saturated heterocycles. The van der Waals surface area contributed by atoms with Gasteiger partial charge in [0, 0.05) is 32.2 Å². The summed E-state index contributed by atoms with van der Waals surface area (Å²) in [4.78, 5) is 16.7. The van der Waals surface area contributed by atoms with Crippen molar-refractivity contribution >= 4 is 11.6 Å². The Morgan fingerprint density at radius 3 is 2.63 bits per heavy atom. The molecule has 0 aromatic heterocycles. The number of hydrogen-bond donors (Lipinski definition) is 2. The van der Waals surface area contributed by atoms with Gasteiger partial charge in [0.2, 0.25) is 6.75 Å². The molecule has 2 fully saturated rings. The average molecular weight is 420 g/mol. The van der Waals surface area contributed by atoms with Crippen LogP contribution in [0.25, 0.3) is 0 Å². The van der Waals surface area contributed by atoms with Gasteiger partial charge in [-0.3, -0.25) is 9.69 Å². The summed E-state index contributed by atoms with van der Waals surface area (Å²) < 4.78 is 26.0. The number of rotatable bonds is 6. The van der Waals surface area contributed by atoms with Crippen molar-refractivity contribution in [3.8, 4) is 11.5 Å². The van der Waals surface area contributed by atoms with Crippen LogP contribution in [-0.2, 0) is 4.79 Å². The van der Waals surface area contributed by atoms with E-state index in [1.165, 1.54) is 20.3 Å². The van der Waals surface area contributed by atoms with Crippen LogP contribution in [0.1, 0.15) is 48.7 Å². The third-order valence-electron chi connectivity index (χ3n) is 6.56. The molecule has 0 spiro atoms. The molecule has 3 aliphatic rings. The molecule has 1 aromatic rings. The van der Waals surface area contributed by atoms with Gasteiger partial charge in [-0.15, -0.1) is 0 Å². The van der Waals surface area contributed by atoms with Crippen molar-refractivity contribution in [3.63, 3.8) is 0 Å². The molecule has 1 aromatic carbocycles. The van der Waals surface area contributed by atoms with Gasteiger partial charge in [0.1, 0.15) is 8.34 Å². The summed E-state index contributed by atoms with van der Waals surface area (Å²) in [6.07, 6.45) is 5.37. The number of nitrogens with zero attached hydrogens (tertiary/aromatic N) is 2. The molecule has 0 unspecified atom stereocenters. The molecule has 2 heterocycles. The molecule has 1 saturated carbocycles. The fourth-order valence-corrected chi connectivity index (χ4v) is 4.58. The van der Waals surface area contributed by atoms with E-state index in [0.717, 1.165) is 64.1 Å². The molecule has 2 aliphatic heterocycles. The minimum atomic E-state index is -2.10. The van der Waals surface area contributed by atoms with Gasteiger partial charge in [-0.05, 0) is 70.5 Å². The molecule has 4 rings (SSSR count). The van der Waals surface area contributed by atoms with Crippen molar-refractivity contribution in [2.24, 2.45) is 5.92 Å². The van der Waals surface area contributed by atoms with Crippen LogP contribution in [0.4, 0.5) is 5.69 Å². The van der Waals surface area contributed by atoms with E-state index in [2.05, 4.69) is 15.1 Å². The summed E-state index contributed by atoms with van der Waals surface area (Å²) in [5, 5.41) is 12.8. The van der Waals surface area contributed by atoms with Crippen molar-refractivity contribution in [2.75, 3.05) is 44.4 Å². The molecule has 30 heavy (non-hydrogen) atoms. The molecule has 7 nitrogen and oxygen atoms in total. The van der Waals surface area contributed by atoms with Gasteiger partial charge in [-0.2, -0.15) is 0 Å². The minimum absolute atomic E-state index is 0.179. The van der Waals surface area contributed by atoms with E-state index in [1.807, 2.05) is 12.1 Å². The fraction of sp³-hybridized carbons (Fsp3) is 0.696. The van der Waals surface area contributed by atoms with Crippen LogP contribution < -0.4 is 19.7 Å². The summed E-state index contributed by atoms with van der Waals surface area (Å²) in [6, 6.07) is 5.77. The number of fused-ring (bicyclic) bond motifs is 1. The SMILES string of the molecule is [2H]C1([2H])Oc2cccc(N3CCN(CCC4CCC(NC(=O)C(C)(C)O)CC4)CC3)c2O1. The zero-order chi connectivity index (χ0) is 22.9. The Kier molecular flexibility index (Phi) is 5.64. The van der Waals surface area contributed by atoms with E-state index in [0.29, 0.717) is 17.4 Å². The number of ether oxygens (including phenoxy) is 2. The molecule has 166 valence electrons. The number of anilines is 1. The van der Waals surface area contributed by atoms with E-state index in [9.17, 15) is 9.90 Å². The number of aliphatic hydroxyl groups is 1. The number of para-hydroxylation sites is 1. The number of piperazine rings is 1. The molecule has 1 amide bonds. The first-order valence-corrected chi connectivity index (χ1v) is 11.1. The Morgan fingerprint density at radius 1 is 1.20 bits per heavy atom. The Labute approximate surface area is 182 Å². The van der Waals surface area contributed by atoms with Gasteiger partial charge in [0.05, 0.1) is 5.69 Å². The number of amides is 1. The summed E-state index contributed by atoms with van der Waals surface area (Å²) in [5.74, 6) is 1.37. The highest BCUT2D eigenvalue weighted by molar-refractivity contribution is 5.84. The third-order valence-corrected chi connectivity index (χ3v) is 6.56. The van der Waals surface area contributed by atoms with Crippen LogP contribution in [0, 0.1) is 5.92 Å². The first-order chi connectivity index (χ1) is 15.1. The Bertz CT molecular complexity index is 814. The normalized spacial score (nSPS) is 27.4. The van der Waals surface area contributed by atoms with Gasteiger partial charge in [0.25, 0.3) is 5.91 Å². The number of carbonyl (C=O) groups excluding carboxylic acids is 1. The highest BCUT2D eigenvalue weighted by Gasteiger charge is 2.29. The lowest BCUT2D eigenvalue weighted by Crippen LogP contribution is -2.48. The first kappa shape index (κ1) is 18.8. The quantitative estimate of drug-likeness (QED) is 0.738. The zero-order valence-corrected chi connectivity index (χ0v) is 18.0. The number of carbonyl (C=O) groups is 1. The maximum Gasteiger partial charge on any atom is 0.251 e. The van der Waals surface area contributed by atoms with Crippen molar-refractivity contribution in [2.45, 2.75) is 57.6 Å². The Morgan fingerprint density at radius 2 is 1.93 bits per heavy atom. The molecular formula is C23H35N3O4. The standard InChI is InChI=1S/C23H35N3O4/c1-23(2,28)22(27)24-18-8-6-17(7-9-18)10-11-25-12-14-26(15-13-25)19-4-3-5-20-21(19)30-16-29-20/h3-5,17-18,28H,6-16H2,1-2H3,(H,24,27)/i16D2. The summed E-state index contributed by atoms with van der Waals surface area (Å²) in [6.45, 7) is 5.71. The topological polar surface area (TPSA) is 74.3 Å². The lowest BCUT2D eigenvalue weighted by atomic mass is 9.83. The van der Waals surface area contributed by atoms with Crippen molar-refractivity contribution in [1.29, 1.82) is 0 Å². The monoisotopic (exact) mass is 419 g/mol. The maximum atomic E-state index is 12.0. The smallest absolute Gasteiger partial charge is 0.251 e. The molecule has 0 bridgehead atoms. The lowest BCUT2D eigenvalue weighted by Gasteiger charge is -2.37. The first-order valence-electron chi connectivity index (χ1n) is 12.1. The van der Waals surface area contributed by atoms with E-state index >= 15 is 0 Å². The zero-order valence-electron chi connectivity index (χ0n) is 20.0. The Hall–Kier alpha value is -1.99. The van der Waals surface area contributed by atoms with Crippen molar-refractivity contribution in [3.05, 3.63) is 18.2 Å². The maximum absolute atomic E-state index is 12.0. The van der Waals surface area contributed by atoms with Crippen LogP contribution in [0.15, 0.2) is 18.2 Å². The minimum Gasteiger partial charge on any atom is -0.454 e. The highest BCUT2D eigenvalue weighted by Crippen LogP contribution is 2.41. The van der Waals surface area contributed by atoms with Crippen LogP contribution in [-0.4, -0.2) is 67.0 Å². The Balaban J connectivity index is 1.19. The molecule has 2 N–H and O–H groups in total. The predicted molar refractivity (Wildman–Crippen MR) is 116 cm³/mol. The van der Waals surface area contributed by atoms with Crippen LogP contribution in [0.3, 0.4) is 0 Å². The molecule has 0 atom stereocenters. The van der Waals surface area contributed by atoms with Crippen molar-refractivity contribution < 1.29 is 22.1 Å². The number of hydrogen-bond acceptors (Lipinski definition) is 6. The van der Waals surface area contributed by atoms with Gasteiger partial charge < -0.3 is 24.8 Å².